The van der Waals surface area contributed by atoms with E-state index in [0.717, 1.165) is 17.1 Å². The van der Waals surface area contributed by atoms with E-state index in [2.05, 4.69) is 5.32 Å². The number of amides is 2. The predicted molar refractivity (Wildman–Crippen MR) is 124 cm³/mol. The number of hydrogen-bond acceptors (Lipinski definition) is 6. The number of anilines is 2. The third kappa shape index (κ3) is 5.25. The van der Waals surface area contributed by atoms with Crippen LogP contribution in [-0.4, -0.2) is 55.8 Å². The summed E-state index contributed by atoms with van der Waals surface area (Å²) in [5.41, 5.74) is 0.555. The zero-order valence-electron chi connectivity index (χ0n) is 18.9. The summed E-state index contributed by atoms with van der Waals surface area (Å²) < 4.78 is 33.2. The fourth-order valence-electron chi connectivity index (χ4n) is 3.73. The summed E-state index contributed by atoms with van der Waals surface area (Å²) in [6.45, 7) is 4.28. The minimum atomic E-state index is -3.77. The van der Waals surface area contributed by atoms with Gasteiger partial charge in [-0.3, -0.25) is 14.4 Å². The van der Waals surface area contributed by atoms with Crippen molar-refractivity contribution < 1.29 is 22.7 Å². The monoisotopic (exact) mass is 476 g/mol. The van der Waals surface area contributed by atoms with Gasteiger partial charge >= 0.3 is 0 Å². The molecule has 178 valence electrons. The molecule has 1 aliphatic rings. The Hall–Kier alpha value is -3.18. The van der Waals surface area contributed by atoms with Gasteiger partial charge in [0.25, 0.3) is 5.56 Å². The minimum Gasteiger partial charge on any atom is -0.494 e. The quantitative estimate of drug-likeness (QED) is 0.588. The standard InChI is InChI=1S/C22H28N4O6S/c1-4-25(5-2)33(30,31)17-9-11-21(28)24(14-17)15-20(27)23-16-8-10-18(19(13-16)32-3)26-12-6-7-22(26)29/h8-11,13-14H,4-7,12,15H2,1-3H3,(H,23,27). The van der Waals surface area contributed by atoms with E-state index >= 15 is 0 Å². The first kappa shape index (κ1) is 24.5. The van der Waals surface area contributed by atoms with Gasteiger partial charge in [0.05, 0.1) is 17.7 Å². The average Bonchev–Trinajstić information content (AvgIpc) is 3.21. The van der Waals surface area contributed by atoms with Crippen LogP contribution in [0.1, 0.15) is 26.7 Å². The molecule has 0 spiro atoms. The SMILES string of the molecule is CCN(CC)S(=O)(=O)c1ccc(=O)n(CC(=O)Nc2ccc(N3CCCC3=O)c(OC)c2)c1. The Labute approximate surface area is 192 Å². The summed E-state index contributed by atoms with van der Waals surface area (Å²) in [6.07, 6.45) is 2.44. The lowest BCUT2D eigenvalue weighted by Gasteiger charge is -2.20. The summed E-state index contributed by atoms with van der Waals surface area (Å²) in [5.74, 6) is -0.0573. The highest BCUT2D eigenvalue weighted by atomic mass is 32.2. The molecule has 1 fully saturated rings. The molecular formula is C22H28N4O6S. The number of sulfonamides is 1. The molecule has 2 aromatic rings. The van der Waals surface area contributed by atoms with Crippen LogP contribution in [0.25, 0.3) is 0 Å². The normalized spacial score (nSPS) is 14.1. The molecule has 1 aliphatic heterocycles. The summed E-state index contributed by atoms with van der Waals surface area (Å²) in [7, 11) is -2.29. The summed E-state index contributed by atoms with van der Waals surface area (Å²) >= 11 is 0. The van der Waals surface area contributed by atoms with Crippen LogP contribution < -0.4 is 20.5 Å². The van der Waals surface area contributed by atoms with Crippen molar-refractivity contribution >= 4 is 33.2 Å². The van der Waals surface area contributed by atoms with Gasteiger partial charge in [-0.25, -0.2) is 8.42 Å². The summed E-state index contributed by atoms with van der Waals surface area (Å²) in [4.78, 5) is 38.5. The number of methoxy groups -OCH3 is 1. The van der Waals surface area contributed by atoms with Gasteiger partial charge in [-0.15, -0.1) is 0 Å². The van der Waals surface area contributed by atoms with Crippen LogP contribution in [0.3, 0.4) is 0 Å². The molecule has 1 aromatic carbocycles. The Bertz CT molecular complexity index is 1200. The van der Waals surface area contributed by atoms with E-state index < -0.39 is 21.5 Å². The van der Waals surface area contributed by atoms with Gasteiger partial charge in [0.1, 0.15) is 12.3 Å². The third-order valence-corrected chi connectivity index (χ3v) is 7.47. The first-order valence-corrected chi connectivity index (χ1v) is 12.1. The summed E-state index contributed by atoms with van der Waals surface area (Å²) in [6, 6.07) is 7.32. The van der Waals surface area contributed by atoms with Crippen LogP contribution >= 0.6 is 0 Å². The van der Waals surface area contributed by atoms with E-state index in [0.29, 0.717) is 43.2 Å². The molecule has 3 rings (SSSR count). The Morgan fingerprint density at radius 3 is 2.48 bits per heavy atom. The van der Waals surface area contributed by atoms with Crippen molar-refractivity contribution in [3.8, 4) is 5.75 Å². The highest BCUT2D eigenvalue weighted by Gasteiger charge is 2.25. The van der Waals surface area contributed by atoms with E-state index in [4.69, 9.17) is 4.74 Å². The van der Waals surface area contributed by atoms with E-state index in [-0.39, 0.29) is 17.3 Å². The molecule has 2 heterocycles. The molecule has 33 heavy (non-hydrogen) atoms. The van der Waals surface area contributed by atoms with E-state index in [1.807, 2.05) is 0 Å². The molecule has 1 aromatic heterocycles. The largest absolute Gasteiger partial charge is 0.494 e. The number of hydrogen-bond donors (Lipinski definition) is 1. The number of rotatable bonds is 9. The molecule has 0 radical (unpaired) electrons. The van der Waals surface area contributed by atoms with Gasteiger partial charge in [-0.2, -0.15) is 4.31 Å². The van der Waals surface area contributed by atoms with Gasteiger partial charge in [0.2, 0.25) is 21.8 Å². The van der Waals surface area contributed by atoms with Crippen LogP contribution in [0.15, 0.2) is 46.2 Å². The molecule has 2 amide bonds. The number of pyridine rings is 1. The maximum atomic E-state index is 12.7. The van der Waals surface area contributed by atoms with Crippen molar-refractivity contribution in [3.05, 3.63) is 46.9 Å². The molecule has 0 bridgehead atoms. The van der Waals surface area contributed by atoms with Crippen molar-refractivity contribution in [2.75, 3.05) is 37.0 Å². The second-order valence-electron chi connectivity index (χ2n) is 7.50. The van der Waals surface area contributed by atoms with Crippen LogP contribution in [0.4, 0.5) is 11.4 Å². The number of carbonyl (C=O) groups excluding carboxylic acids is 2. The average molecular weight is 477 g/mol. The van der Waals surface area contributed by atoms with E-state index in [9.17, 15) is 22.8 Å². The number of nitrogens with one attached hydrogen (secondary N) is 1. The highest BCUT2D eigenvalue weighted by molar-refractivity contribution is 7.89. The van der Waals surface area contributed by atoms with Crippen molar-refractivity contribution in [1.82, 2.24) is 8.87 Å². The predicted octanol–water partition coefficient (Wildman–Crippen LogP) is 1.65. The van der Waals surface area contributed by atoms with Crippen molar-refractivity contribution in [2.24, 2.45) is 0 Å². The van der Waals surface area contributed by atoms with E-state index in [1.54, 1.807) is 36.9 Å². The topological polar surface area (TPSA) is 118 Å². The van der Waals surface area contributed by atoms with Crippen LogP contribution in [0, 0.1) is 0 Å². The number of nitrogens with zero attached hydrogens (tertiary/aromatic N) is 3. The van der Waals surface area contributed by atoms with Gasteiger partial charge < -0.3 is 19.5 Å². The molecule has 11 heteroatoms. The van der Waals surface area contributed by atoms with Gasteiger partial charge in [0.15, 0.2) is 0 Å². The van der Waals surface area contributed by atoms with Crippen LogP contribution in [0.5, 0.6) is 5.75 Å². The van der Waals surface area contributed by atoms with Crippen molar-refractivity contribution in [1.29, 1.82) is 0 Å². The first-order chi connectivity index (χ1) is 15.7. The zero-order chi connectivity index (χ0) is 24.2. The number of ether oxygens (including phenoxy) is 1. The van der Waals surface area contributed by atoms with Crippen LogP contribution in [-0.2, 0) is 26.2 Å². The molecule has 0 atom stereocenters. The smallest absolute Gasteiger partial charge is 0.251 e. The fourth-order valence-corrected chi connectivity index (χ4v) is 5.21. The summed E-state index contributed by atoms with van der Waals surface area (Å²) in [5, 5.41) is 2.68. The third-order valence-electron chi connectivity index (χ3n) is 5.44. The number of aromatic nitrogens is 1. The lowest BCUT2D eigenvalue weighted by atomic mass is 10.2. The van der Waals surface area contributed by atoms with Crippen molar-refractivity contribution in [2.45, 2.75) is 38.1 Å². The molecule has 0 unspecified atom stereocenters. The lowest BCUT2D eigenvalue weighted by molar-refractivity contribution is -0.117. The van der Waals surface area contributed by atoms with Gasteiger partial charge in [-0.1, -0.05) is 13.8 Å². The Kier molecular flexibility index (Phi) is 7.54. The molecule has 10 nitrogen and oxygen atoms in total. The second-order valence-corrected chi connectivity index (χ2v) is 9.44. The van der Waals surface area contributed by atoms with Gasteiger partial charge in [-0.05, 0) is 24.6 Å². The fraction of sp³-hybridized carbons (Fsp3) is 0.409. The second kappa shape index (κ2) is 10.2. The Morgan fingerprint density at radius 1 is 1.15 bits per heavy atom. The molecule has 1 N–H and O–H groups in total. The van der Waals surface area contributed by atoms with Crippen molar-refractivity contribution in [3.63, 3.8) is 0 Å². The minimum absolute atomic E-state index is 0.0176. The molecule has 0 saturated carbocycles. The van der Waals surface area contributed by atoms with Gasteiger partial charge in [0, 0.05) is 50.1 Å². The van der Waals surface area contributed by atoms with Crippen LogP contribution in [0.2, 0.25) is 0 Å². The zero-order valence-corrected chi connectivity index (χ0v) is 19.7. The first-order valence-electron chi connectivity index (χ1n) is 10.7. The Balaban J connectivity index is 1.78. The molecular weight excluding hydrogens is 448 g/mol. The van der Waals surface area contributed by atoms with E-state index in [1.165, 1.54) is 23.7 Å². The lowest BCUT2D eigenvalue weighted by Crippen LogP contribution is -2.33. The Morgan fingerprint density at radius 2 is 1.88 bits per heavy atom. The number of carbonyl (C=O) groups is 2. The maximum absolute atomic E-state index is 12.7. The number of benzene rings is 1. The maximum Gasteiger partial charge on any atom is 0.251 e. The molecule has 0 aliphatic carbocycles. The highest BCUT2D eigenvalue weighted by Crippen LogP contribution is 2.33. The molecule has 1 saturated heterocycles.